The highest BCUT2D eigenvalue weighted by molar-refractivity contribution is 7.91. The molecule has 3 aromatic heterocycles. The topological polar surface area (TPSA) is 63.5 Å². The summed E-state index contributed by atoms with van der Waals surface area (Å²) in [6.45, 7) is 0.361. The SMILES string of the molecule is O=S(=O)(NCCCc1ncc2ccccn12)c1ccc(Cl)s1. The number of nitrogens with zero attached hydrogens (tertiary/aromatic N) is 2. The predicted octanol–water partition coefficient (Wildman–Crippen LogP) is 2.96. The molecule has 3 aromatic rings. The molecular formula is C14H14ClN3O2S2. The number of halogens is 1. The molecule has 0 fully saturated rings. The zero-order chi connectivity index (χ0) is 15.6. The third kappa shape index (κ3) is 3.33. The van der Waals surface area contributed by atoms with E-state index in [1.54, 1.807) is 6.07 Å². The number of pyridine rings is 1. The fourth-order valence-electron chi connectivity index (χ4n) is 2.15. The summed E-state index contributed by atoms with van der Waals surface area (Å²) in [5.74, 6) is 0.925. The minimum Gasteiger partial charge on any atom is -0.304 e. The van der Waals surface area contributed by atoms with Crippen LogP contribution in [0.5, 0.6) is 0 Å². The van der Waals surface area contributed by atoms with Crippen LogP contribution in [-0.2, 0) is 16.4 Å². The molecule has 0 aromatic carbocycles. The molecule has 0 saturated carbocycles. The Morgan fingerprint density at radius 2 is 2.14 bits per heavy atom. The van der Waals surface area contributed by atoms with Crippen LogP contribution in [0.1, 0.15) is 12.2 Å². The van der Waals surface area contributed by atoms with Gasteiger partial charge in [0.2, 0.25) is 10.0 Å². The first-order chi connectivity index (χ1) is 10.6. The Hall–Kier alpha value is -1.41. The Morgan fingerprint density at radius 1 is 1.27 bits per heavy atom. The van der Waals surface area contributed by atoms with Crippen molar-refractivity contribution in [2.24, 2.45) is 0 Å². The molecule has 0 aliphatic rings. The largest absolute Gasteiger partial charge is 0.304 e. The van der Waals surface area contributed by atoms with Crippen molar-refractivity contribution in [2.75, 3.05) is 6.54 Å². The second kappa shape index (κ2) is 6.37. The first-order valence-electron chi connectivity index (χ1n) is 6.72. The van der Waals surface area contributed by atoms with E-state index in [9.17, 15) is 8.42 Å². The van der Waals surface area contributed by atoms with Crippen molar-refractivity contribution >= 4 is 38.5 Å². The number of aryl methyl sites for hydroxylation is 1. The number of hydrogen-bond donors (Lipinski definition) is 1. The highest BCUT2D eigenvalue weighted by Crippen LogP contribution is 2.25. The maximum atomic E-state index is 12.0. The number of thiophene rings is 1. The van der Waals surface area contributed by atoms with Gasteiger partial charge in [-0.2, -0.15) is 0 Å². The van der Waals surface area contributed by atoms with Crippen LogP contribution in [0.3, 0.4) is 0 Å². The highest BCUT2D eigenvalue weighted by Gasteiger charge is 2.15. The lowest BCUT2D eigenvalue weighted by molar-refractivity contribution is 0.580. The van der Waals surface area contributed by atoms with Gasteiger partial charge in [0.25, 0.3) is 0 Å². The van der Waals surface area contributed by atoms with Gasteiger partial charge in [0.05, 0.1) is 16.0 Å². The second-order valence-electron chi connectivity index (χ2n) is 4.73. The van der Waals surface area contributed by atoms with Crippen LogP contribution < -0.4 is 4.72 Å². The lowest BCUT2D eigenvalue weighted by Gasteiger charge is -2.04. The van der Waals surface area contributed by atoms with Crippen LogP contribution in [0.25, 0.3) is 5.52 Å². The standard InChI is InChI=1S/C14H14ClN3O2S2/c15-12-6-7-14(21-12)22(19,20)17-8-3-5-13-16-10-11-4-1-2-9-18(11)13/h1-2,4,6-7,9-10,17H,3,5,8H2. The lowest BCUT2D eigenvalue weighted by Crippen LogP contribution is -2.24. The van der Waals surface area contributed by atoms with Crippen molar-refractivity contribution < 1.29 is 8.42 Å². The third-order valence-corrected chi connectivity index (χ3v) is 6.38. The van der Waals surface area contributed by atoms with E-state index in [1.165, 1.54) is 6.07 Å². The van der Waals surface area contributed by atoms with Crippen molar-refractivity contribution in [1.82, 2.24) is 14.1 Å². The van der Waals surface area contributed by atoms with Gasteiger partial charge in [0, 0.05) is 19.2 Å². The van der Waals surface area contributed by atoms with Crippen molar-refractivity contribution in [3.8, 4) is 0 Å². The second-order valence-corrected chi connectivity index (χ2v) is 8.44. The molecule has 0 unspecified atom stereocenters. The Labute approximate surface area is 137 Å². The predicted molar refractivity (Wildman–Crippen MR) is 88.0 cm³/mol. The summed E-state index contributed by atoms with van der Waals surface area (Å²) in [7, 11) is -3.47. The van der Waals surface area contributed by atoms with Crippen LogP contribution in [0.15, 0.2) is 46.9 Å². The molecule has 5 nitrogen and oxygen atoms in total. The van der Waals surface area contributed by atoms with Crippen molar-refractivity contribution in [2.45, 2.75) is 17.1 Å². The van der Waals surface area contributed by atoms with Crippen LogP contribution >= 0.6 is 22.9 Å². The number of rotatable bonds is 6. The number of imidazole rings is 1. The molecule has 3 rings (SSSR count). The first-order valence-corrected chi connectivity index (χ1v) is 9.40. The Balaban J connectivity index is 1.58. The molecule has 0 aliphatic heterocycles. The molecule has 22 heavy (non-hydrogen) atoms. The maximum absolute atomic E-state index is 12.0. The van der Waals surface area contributed by atoms with Crippen LogP contribution in [0, 0.1) is 0 Å². The van der Waals surface area contributed by atoms with Gasteiger partial charge in [-0.25, -0.2) is 18.1 Å². The molecular weight excluding hydrogens is 342 g/mol. The van der Waals surface area contributed by atoms with Crippen molar-refractivity contribution in [1.29, 1.82) is 0 Å². The summed E-state index contributed by atoms with van der Waals surface area (Å²) in [4.78, 5) is 4.36. The fourth-order valence-corrected chi connectivity index (χ4v) is 4.75. The third-order valence-electron chi connectivity index (χ3n) is 3.20. The summed E-state index contributed by atoms with van der Waals surface area (Å²) in [6.07, 6.45) is 5.14. The number of sulfonamides is 1. The van der Waals surface area contributed by atoms with Crippen molar-refractivity contribution in [3.63, 3.8) is 0 Å². The van der Waals surface area contributed by atoms with Crippen LogP contribution in [-0.4, -0.2) is 24.3 Å². The lowest BCUT2D eigenvalue weighted by atomic mass is 10.3. The molecule has 8 heteroatoms. The van der Waals surface area contributed by atoms with E-state index in [0.717, 1.165) is 22.7 Å². The molecule has 0 saturated heterocycles. The van der Waals surface area contributed by atoms with Crippen LogP contribution in [0.2, 0.25) is 4.34 Å². The summed E-state index contributed by atoms with van der Waals surface area (Å²) in [5.41, 5.74) is 1.03. The number of nitrogens with one attached hydrogen (secondary N) is 1. The van der Waals surface area contributed by atoms with E-state index in [4.69, 9.17) is 11.6 Å². The van der Waals surface area contributed by atoms with E-state index in [0.29, 0.717) is 23.7 Å². The summed E-state index contributed by atoms with van der Waals surface area (Å²) in [6, 6.07) is 8.98. The van der Waals surface area contributed by atoms with Crippen molar-refractivity contribution in [3.05, 3.63) is 52.9 Å². The number of fused-ring (bicyclic) bond motifs is 1. The van der Waals surface area contributed by atoms with Gasteiger partial charge in [-0.15, -0.1) is 11.3 Å². The molecule has 0 atom stereocenters. The van der Waals surface area contributed by atoms with E-state index in [-0.39, 0.29) is 4.21 Å². The fraction of sp³-hybridized carbons (Fsp3) is 0.214. The zero-order valence-electron chi connectivity index (χ0n) is 11.6. The van der Waals surface area contributed by atoms with Gasteiger partial charge in [-0.3, -0.25) is 0 Å². The smallest absolute Gasteiger partial charge is 0.250 e. The molecule has 0 spiro atoms. The molecule has 116 valence electrons. The number of aromatic nitrogens is 2. The minimum absolute atomic E-state index is 0.240. The normalized spacial score (nSPS) is 12.0. The Bertz CT molecular complexity index is 886. The maximum Gasteiger partial charge on any atom is 0.250 e. The monoisotopic (exact) mass is 355 g/mol. The quantitative estimate of drug-likeness (QED) is 0.691. The van der Waals surface area contributed by atoms with Gasteiger partial charge < -0.3 is 4.40 Å². The Kier molecular flexibility index (Phi) is 4.49. The summed E-state index contributed by atoms with van der Waals surface area (Å²) < 4.78 is 29.4. The first kappa shape index (κ1) is 15.5. The van der Waals surface area contributed by atoms with E-state index in [1.807, 2.05) is 35.0 Å². The average Bonchev–Trinajstić information content (AvgIpc) is 3.11. The zero-order valence-corrected chi connectivity index (χ0v) is 14.0. The molecule has 0 radical (unpaired) electrons. The van der Waals surface area contributed by atoms with Gasteiger partial charge in [-0.1, -0.05) is 17.7 Å². The molecule has 1 N–H and O–H groups in total. The number of hydrogen-bond acceptors (Lipinski definition) is 4. The van der Waals surface area contributed by atoms with Crippen LogP contribution in [0.4, 0.5) is 0 Å². The molecule has 3 heterocycles. The molecule has 0 amide bonds. The average molecular weight is 356 g/mol. The van der Waals surface area contributed by atoms with E-state index < -0.39 is 10.0 Å². The van der Waals surface area contributed by atoms with Gasteiger partial charge in [0.15, 0.2) is 0 Å². The van der Waals surface area contributed by atoms with Gasteiger partial charge in [0.1, 0.15) is 10.0 Å². The highest BCUT2D eigenvalue weighted by atomic mass is 35.5. The summed E-state index contributed by atoms with van der Waals surface area (Å²) in [5, 5.41) is 0. The summed E-state index contributed by atoms with van der Waals surface area (Å²) >= 11 is 6.82. The minimum atomic E-state index is -3.47. The molecule has 0 aliphatic carbocycles. The van der Waals surface area contributed by atoms with Gasteiger partial charge >= 0.3 is 0 Å². The van der Waals surface area contributed by atoms with E-state index >= 15 is 0 Å². The van der Waals surface area contributed by atoms with Gasteiger partial charge in [-0.05, 0) is 30.7 Å². The molecule has 0 bridgehead atoms. The van der Waals surface area contributed by atoms with E-state index in [2.05, 4.69) is 9.71 Å². The Morgan fingerprint density at radius 3 is 2.91 bits per heavy atom.